The van der Waals surface area contributed by atoms with E-state index in [9.17, 15) is 13.2 Å². The second kappa shape index (κ2) is 8.24. The Morgan fingerprint density at radius 2 is 1.81 bits per heavy atom. The van der Waals surface area contributed by atoms with E-state index in [0.717, 1.165) is 11.3 Å². The lowest BCUT2D eigenvalue weighted by Gasteiger charge is -2.28. The maximum absolute atomic E-state index is 12.6. The molecule has 0 saturated carbocycles. The number of hydrogen-bond acceptors (Lipinski definition) is 3. The van der Waals surface area contributed by atoms with Crippen LogP contribution in [0.1, 0.15) is 25.5 Å². The zero-order valence-electron chi connectivity index (χ0n) is 12.7. The monoisotopic (exact) mass is 304 g/mol. The fraction of sp³-hybridized carbons (Fsp3) is 0.600. The number of likely N-dealkylation sites (N-methyl/N-ethyl adjacent to an activating group) is 2. The average molecular weight is 304 g/mol. The van der Waals surface area contributed by atoms with Gasteiger partial charge in [0.05, 0.1) is 13.7 Å². The van der Waals surface area contributed by atoms with Gasteiger partial charge in [-0.15, -0.1) is 0 Å². The highest BCUT2D eigenvalue weighted by molar-refractivity contribution is 5.29. The molecule has 0 aliphatic carbocycles. The minimum Gasteiger partial charge on any atom is -0.497 e. The molecule has 6 heteroatoms. The quantitative estimate of drug-likeness (QED) is 0.798. The van der Waals surface area contributed by atoms with Crippen molar-refractivity contribution in [1.82, 2.24) is 10.2 Å². The molecule has 0 bridgehead atoms. The summed E-state index contributed by atoms with van der Waals surface area (Å²) in [6.45, 7) is 4.16. The topological polar surface area (TPSA) is 24.5 Å². The maximum Gasteiger partial charge on any atom is 0.401 e. The van der Waals surface area contributed by atoms with Gasteiger partial charge in [0, 0.05) is 12.6 Å². The third-order valence-corrected chi connectivity index (χ3v) is 3.26. The van der Waals surface area contributed by atoms with Crippen molar-refractivity contribution in [2.75, 3.05) is 33.3 Å². The molecule has 0 aliphatic heterocycles. The molecule has 0 saturated heterocycles. The smallest absolute Gasteiger partial charge is 0.401 e. The van der Waals surface area contributed by atoms with Gasteiger partial charge in [0.2, 0.25) is 0 Å². The number of halogens is 3. The minimum absolute atomic E-state index is 0.136. The van der Waals surface area contributed by atoms with E-state index >= 15 is 0 Å². The molecule has 1 unspecified atom stereocenters. The number of rotatable bonds is 8. The van der Waals surface area contributed by atoms with Gasteiger partial charge in [0.1, 0.15) is 5.75 Å². The van der Waals surface area contributed by atoms with Gasteiger partial charge in [-0.1, -0.05) is 26.0 Å². The summed E-state index contributed by atoms with van der Waals surface area (Å²) in [5.74, 6) is 0.733. The zero-order chi connectivity index (χ0) is 15.9. The van der Waals surface area contributed by atoms with Gasteiger partial charge < -0.3 is 10.1 Å². The predicted molar refractivity (Wildman–Crippen MR) is 77.6 cm³/mol. The van der Waals surface area contributed by atoms with Crippen molar-refractivity contribution in [3.63, 3.8) is 0 Å². The molecule has 120 valence electrons. The Bertz CT molecular complexity index is 406. The summed E-state index contributed by atoms with van der Waals surface area (Å²) in [5, 5.41) is 3.24. The van der Waals surface area contributed by atoms with Crippen LogP contribution in [0.15, 0.2) is 24.3 Å². The van der Waals surface area contributed by atoms with Crippen LogP contribution in [0.25, 0.3) is 0 Å². The first kappa shape index (κ1) is 17.8. The lowest BCUT2D eigenvalue weighted by atomic mass is 10.1. The molecule has 1 aromatic rings. The second-order valence-corrected chi connectivity index (χ2v) is 4.83. The summed E-state index contributed by atoms with van der Waals surface area (Å²) in [7, 11) is 1.58. The first-order chi connectivity index (χ1) is 9.89. The van der Waals surface area contributed by atoms with Gasteiger partial charge >= 0.3 is 6.18 Å². The van der Waals surface area contributed by atoms with Crippen LogP contribution in [-0.4, -0.2) is 44.4 Å². The molecule has 3 nitrogen and oxygen atoms in total. The van der Waals surface area contributed by atoms with E-state index in [1.165, 1.54) is 4.90 Å². The van der Waals surface area contributed by atoms with Crippen molar-refractivity contribution in [2.24, 2.45) is 0 Å². The van der Waals surface area contributed by atoms with Gasteiger partial charge in [0.25, 0.3) is 0 Å². The van der Waals surface area contributed by atoms with E-state index in [2.05, 4.69) is 5.32 Å². The Morgan fingerprint density at radius 1 is 1.19 bits per heavy atom. The number of nitrogens with one attached hydrogen (secondary N) is 1. The molecule has 1 atom stereocenters. The van der Waals surface area contributed by atoms with E-state index in [1.807, 2.05) is 31.2 Å². The highest BCUT2D eigenvalue weighted by Gasteiger charge is 2.31. The van der Waals surface area contributed by atoms with Crippen LogP contribution >= 0.6 is 0 Å². The van der Waals surface area contributed by atoms with Crippen LogP contribution < -0.4 is 10.1 Å². The van der Waals surface area contributed by atoms with Crippen LogP contribution in [0.3, 0.4) is 0 Å². The summed E-state index contributed by atoms with van der Waals surface area (Å²) in [6.07, 6.45) is -4.17. The molecule has 0 fully saturated rings. The van der Waals surface area contributed by atoms with Gasteiger partial charge in [-0.3, -0.25) is 4.90 Å². The number of nitrogens with zero attached hydrogens (tertiary/aromatic N) is 1. The molecule has 0 aromatic heterocycles. The van der Waals surface area contributed by atoms with Crippen LogP contribution in [0.5, 0.6) is 5.75 Å². The first-order valence-corrected chi connectivity index (χ1v) is 7.06. The van der Waals surface area contributed by atoms with Crippen LogP contribution in [0.4, 0.5) is 13.2 Å². The van der Waals surface area contributed by atoms with Gasteiger partial charge in [-0.05, 0) is 30.8 Å². The van der Waals surface area contributed by atoms with Crippen molar-refractivity contribution in [3.8, 4) is 5.75 Å². The Balaban J connectivity index is 2.79. The van der Waals surface area contributed by atoms with Crippen molar-refractivity contribution in [3.05, 3.63) is 29.8 Å². The first-order valence-electron chi connectivity index (χ1n) is 7.06. The lowest BCUT2D eigenvalue weighted by Crippen LogP contribution is -2.40. The zero-order valence-corrected chi connectivity index (χ0v) is 12.7. The lowest BCUT2D eigenvalue weighted by molar-refractivity contribution is -0.146. The standard InChI is InChI=1S/C15H23F3N2O/c1-4-19-14(10-20(5-2)11-15(16,17)18)12-6-8-13(21-3)9-7-12/h6-9,14,19H,4-5,10-11H2,1-3H3. The van der Waals surface area contributed by atoms with Crippen LogP contribution in [0.2, 0.25) is 0 Å². The molecule has 21 heavy (non-hydrogen) atoms. The molecule has 1 rings (SSSR count). The number of alkyl halides is 3. The summed E-state index contributed by atoms with van der Waals surface area (Å²) in [6, 6.07) is 7.27. The molecule has 1 aromatic carbocycles. The maximum atomic E-state index is 12.6. The summed E-state index contributed by atoms with van der Waals surface area (Å²) in [4.78, 5) is 1.40. The Morgan fingerprint density at radius 3 is 2.24 bits per heavy atom. The second-order valence-electron chi connectivity index (χ2n) is 4.83. The molecule has 0 radical (unpaired) electrons. The third-order valence-electron chi connectivity index (χ3n) is 3.26. The molecule has 1 N–H and O–H groups in total. The highest BCUT2D eigenvalue weighted by Crippen LogP contribution is 2.21. The van der Waals surface area contributed by atoms with Crippen molar-refractivity contribution >= 4 is 0 Å². The molecule has 0 heterocycles. The van der Waals surface area contributed by atoms with E-state index in [4.69, 9.17) is 4.74 Å². The molecular weight excluding hydrogens is 281 g/mol. The van der Waals surface area contributed by atoms with Crippen molar-refractivity contribution in [1.29, 1.82) is 0 Å². The van der Waals surface area contributed by atoms with E-state index in [-0.39, 0.29) is 6.04 Å². The van der Waals surface area contributed by atoms with E-state index in [0.29, 0.717) is 19.6 Å². The minimum atomic E-state index is -4.17. The van der Waals surface area contributed by atoms with E-state index in [1.54, 1.807) is 14.0 Å². The average Bonchev–Trinajstić information content (AvgIpc) is 2.44. The normalized spacial score (nSPS) is 13.5. The number of methoxy groups -OCH3 is 1. The van der Waals surface area contributed by atoms with Crippen LogP contribution in [0, 0.1) is 0 Å². The van der Waals surface area contributed by atoms with Gasteiger partial charge in [0.15, 0.2) is 0 Å². The third kappa shape index (κ3) is 6.35. The van der Waals surface area contributed by atoms with Crippen molar-refractivity contribution in [2.45, 2.75) is 26.1 Å². The molecule has 0 spiro atoms. The van der Waals surface area contributed by atoms with E-state index < -0.39 is 12.7 Å². The molecule has 0 amide bonds. The number of benzene rings is 1. The summed E-state index contributed by atoms with van der Waals surface area (Å²) in [5.41, 5.74) is 0.957. The SMILES string of the molecule is CCNC(CN(CC)CC(F)(F)F)c1ccc(OC)cc1. The van der Waals surface area contributed by atoms with Gasteiger partial charge in [-0.2, -0.15) is 13.2 Å². The van der Waals surface area contributed by atoms with Crippen molar-refractivity contribution < 1.29 is 17.9 Å². The van der Waals surface area contributed by atoms with Gasteiger partial charge in [-0.25, -0.2) is 0 Å². The fourth-order valence-electron chi connectivity index (χ4n) is 2.19. The predicted octanol–water partition coefficient (Wildman–Crippen LogP) is 3.23. The van der Waals surface area contributed by atoms with Crippen LogP contribution in [-0.2, 0) is 0 Å². The Hall–Kier alpha value is -1.27. The molecular formula is C15H23F3N2O. The highest BCUT2D eigenvalue weighted by atomic mass is 19.4. The summed E-state index contributed by atoms with van der Waals surface area (Å²) < 4.78 is 42.8. The number of hydrogen-bond donors (Lipinski definition) is 1. The summed E-state index contributed by atoms with van der Waals surface area (Å²) >= 11 is 0. The Labute approximate surface area is 124 Å². The largest absolute Gasteiger partial charge is 0.497 e. The fourth-order valence-corrected chi connectivity index (χ4v) is 2.19. The molecule has 0 aliphatic rings. The Kier molecular flexibility index (Phi) is 6.98. The number of ether oxygens (including phenoxy) is 1.